The van der Waals surface area contributed by atoms with E-state index >= 15 is 0 Å². The third-order valence-corrected chi connectivity index (χ3v) is 8.95. The van der Waals surface area contributed by atoms with Gasteiger partial charge in [-0.05, 0) is 56.9 Å². The smallest absolute Gasteiger partial charge is 0.287 e. The predicted octanol–water partition coefficient (Wildman–Crippen LogP) is 5.15. The first-order valence-electron chi connectivity index (χ1n) is 12.1. The van der Waals surface area contributed by atoms with Crippen molar-refractivity contribution < 1.29 is 32.6 Å². The number of aryl methyl sites for hydroxylation is 1. The number of benzene rings is 2. The Kier molecular flexibility index (Phi) is 6.82. The molecule has 1 aliphatic carbocycles. The van der Waals surface area contributed by atoms with Crippen molar-refractivity contribution in [1.29, 1.82) is 0 Å². The van der Waals surface area contributed by atoms with E-state index in [0.717, 1.165) is 5.01 Å². The lowest BCUT2D eigenvalue weighted by molar-refractivity contribution is -0.231. The molecule has 3 heterocycles. The molecule has 3 aliphatic rings. The monoisotopic (exact) mass is 563 g/mol. The Bertz CT molecular complexity index is 1400. The van der Waals surface area contributed by atoms with Crippen LogP contribution in [0.15, 0.2) is 30.3 Å². The second-order valence-corrected chi connectivity index (χ2v) is 11.7. The molecule has 6 rings (SSSR count). The number of nitrogens with zero attached hydrogens (tertiary/aromatic N) is 1. The van der Waals surface area contributed by atoms with E-state index in [4.69, 9.17) is 14.2 Å². The number of alkyl halides is 2. The maximum absolute atomic E-state index is 14.2. The van der Waals surface area contributed by atoms with Gasteiger partial charge in [0, 0.05) is 6.07 Å². The topological polar surface area (TPSA) is 98.8 Å². The zero-order valence-electron chi connectivity index (χ0n) is 21.2. The van der Waals surface area contributed by atoms with E-state index in [1.165, 1.54) is 25.6 Å². The molecule has 8 nitrogen and oxygen atoms in total. The van der Waals surface area contributed by atoms with E-state index in [9.17, 15) is 18.4 Å². The minimum atomic E-state index is -3.04. The molecule has 1 unspecified atom stereocenters. The molecule has 2 aliphatic heterocycles. The zero-order valence-corrected chi connectivity index (χ0v) is 23.1. The number of rotatable bonds is 7. The molecule has 202 valence electrons. The molecule has 1 saturated carbocycles. The maximum Gasteiger partial charge on any atom is 0.287 e. The summed E-state index contributed by atoms with van der Waals surface area (Å²) in [5, 5.41) is 6.66. The Morgan fingerprint density at radius 3 is 2.45 bits per heavy atom. The molecule has 3 fully saturated rings. The van der Waals surface area contributed by atoms with Gasteiger partial charge in [-0.2, -0.15) is 8.78 Å². The van der Waals surface area contributed by atoms with Crippen molar-refractivity contribution in [3.8, 4) is 11.5 Å². The summed E-state index contributed by atoms with van der Waals surface area (Å²) in [6.45, 7) is 1.85. The van der Waals surface area contributed by atoms with E-state index in [0.29, 0.717) is 40.1 Å². The third-order valence-electron chi connectivity index (χ3n) is 7.42. The van der Waals surface area contributed by atoms with Crippen LogP contribution < -0.4 is 20.1 Å². The Hall–Kier alpha value is -2.88. The van der Waals surface area contributed by atoms with E-state index in [2.05, 4.69) is 15.6 Å². The molecule has 12 heteroatoms. The van der Waals surface area contributed by atoms with Gasteiger partial charge in [0.2, 0.25) is 0 Å². The number of amides is 2. The average molecular weight is 564 g/mol. The van der Waals surface area contributed by atoms with E-state index in [1.54, 1.807) is 39.6 Å². The van der Waals surface area contributed by atoms with Crippen LogP contribution in [0.25, 0.3) is 10.2 Å². The highest BCUT2D eigenvalue weighted by Crippen LogP contribution is 2.53. The summed E-state index contributed by atoms with van der Waals surface area (Å²) in [5.74, 6) is -0.0950. The quantitative estimate of drug-likeness (QED) is 0.386. The molecular weight excluding hydrogens is 535 g/mol. The minimum Gasteiger partial charge on any atom is -0.497 e. The summed E-state index contributed by atoms with van der Waals surface area (Å²) < 4.78 is 45.4. The SMILES string of the molecule is COc1ccc(C(=O)NC23CCC(C(F)(F)P)(CC2)OC3)c(NC(=O)c2c(OC)ccc3nc(C)sc23)c1. The summed E-state index contributed by atoms with van der Waals surface area (Å²) in [6, 6.07) is 8.21. The Morgan fingerprint density at radius 2 is 1.84 bits per heavy atom. The molecule has 1 atom stereocenters. The number of anilines is 1. The van der Waals surface area contributed by atoms with E-state index in [-0.39, 0.29) is 30.7 Å². The van der Waals surface area contributed by atoms with Crippen LogP contribution in [0.5, 0.6) is 11.5 Å². The number of aromatic nitrogens is 1. The number of carbonyl (C=O) groups is 2. The first-order chi connectivity index (χ1) is 18.0. The second kappa shape index (κ2) is 9.70. The standard InChI is InChI=1S/C26H28F2N3O5PS/c1-14-29-17-6-7-19(35-3)20(21(17)38-14)23(33)30-18-12-15(34-2)4-5-16(18)22(32)31-24-8-10-25(11-9-24,36-13-24)26(27,28)37/h4-7,12H,8-11,13,37H2,1-3H3,(H,30,33)(H,31,32). The number of hydrogen-bond acceptors (Lipinski definition) is 7. The molecule has 38 heavy (non-hydrogen) atoms. The molecule has 0 radical (unpaired) electrons. The van der Waals surface area contributed by atoms with Gasteiger partial charge in [-0.3, -0.25) is 9.59 Å². The Labute approximate surface area is 224 Å². The molecule has 2 bridgehead atoms. The molecular formula is C26H28F2N3O5PS. The van der Waals surface area contributed by atoms with Crippen LogP contribution >= 0.6 is 20.6 Å². The van der Waals surface area contributed by atoms with Crippen molar-refractivity contribution in [2.75, 3.05) is 26.1 Å². The van der Waals surface area contributed by atoms with Crippen molar-refractivity contribution in [2.24, 2.45) is 0 Å². The lowest BCUT2D eigenvalue weighted by Gasteiger charge is -2.54. The van der Waals surface area contributed by atoms with Gasteiger partial charge in [-0.1, -0.05) is 9.24 Å². The number of hydrogen-bond donors (Lipinski definition) is 2. The maximum atomic E-state index is 14.2. The summed E-state index contributed by atoms with van der Waals surface area (Å²) in [6.07, 6.45) is 0.997. The van der Waals surface area contributed by atoms with Gasteiger partial charge < -0.3 is 24.8 Å². The highest BCUT2D eigenvalue weighted by atomic mass is 32.1. The van der Waals surface area contributed by atoms with Gasteiger partial charge in [0.1, 0.15) is 22.7 Å². The number of methoxy groups -OCH3 is 2. The van der Waals surface area contributed by atoms with Gasteiger partial charge >= 0.3 is 0 Å². The molecule has 2 N–H and O–H groups in total. The highest BCUT2D eigenvalue weighted by molar-refractivity contribution is 7.19. The fraction of sp³-hybridized carbons (Fsp3) is 0.423. The summed E-state index contributed by atoms with van der Waals surface area (Å²) >= 11 is 1.37. The van der Waals surface area contributed by atoms with Crippen LogP contribution in [0.1, 0.15) is 51.4 Å². The number of thiazole rings is 1. The molecule has 3 aromatic rings. The minimum absolute atomic E-state index is 0.00942. The predicted molar refractivity (Wildman–Crippen MR) is 144 cm³/mol. The van der Waals surface area contributed by atoms with Crippen molar-refractivity contribution in [1.82, 2.24) is 10.3 Å². The van der Waals surface area contributed by atoms with E-state index < -0.39 is 28.6 Å². The molecule has 2 aromatic carbocycles. The first-order valence-corrected chi connectivity index (χ1v) is 13.5. The summed E-state index contributed by atoms with van der Waals surface area (Å²) in [7, 11) is 4.56. The third kappa shape index (κ3) is 4.61. The largest absolute Gasteiger partial charge is 0.497 e. The van der Waals surface area contributed by atoms with Gasteiger partial charge in [-0.25, -0.2) is 4.98 Å². The highest BCUT2D eigenvalue weighted by Gasteiger charge is 2.60. The van der Waals surface area contributed by atoms with Crippen molar-refractivity contribution >= 4 is 48.3 Å². The number of carbonyl (C=O) groups excluding carboxylic acids is 2. The lowest BCUT2D eigenvalue weighted by atomic mass is 9.71. The van der Waals surface area contributed by atoms with Gasteiger partial charge in [0.25, 0.3) is 17.5 Å². The van der Waals surface area contributed by atoms with Crippen LogP contribution in [0.2, 0.25) is 0 Å². The van der Waals surface area contributed by atoms with Gasteiger partial charge in [0.05, 0.1) is 52.8 Å². The molecule has 0 spiro atoms. The van der Waals surface area contributed by atoms with Crippen molar-refractivity contribution in [2.45, 2.75) is 49.4 Å². The normalized spacial score (nSPS) is 22.8. The van der Waals surface area contributed by atoms with Crippen LogP contribution in [0.4, 0.5) is 14.5 Å². The number of halogens is 2. The van der Waals surface area contributed by atoms with Gasteiger partial charge in [-0.15, -0.1) is 11.3 Å². The number of nitrogens with one attached hydrogen (secondary N) is 2. The van der Waals surface area contributed by atoms with Crippen molar-refractivity contribution in [3.05, 3.63) is 46.5 Å². The van der Waals surface area contributed by atoms with Gasteiger partial charge in [0.15, 0.2) is 0 Å². The zero-order chi connectivity index (χ0) is 27.3. The average Bonchev–Trinajstić information content (AvgIpc) is 3.28. The van der Waals surface area contributed by atoms with Crippen LogP contribution in [0, 0.1) is 6.92 Å². The molecule has 1 aromatic heterocycles. The fourth-order valence-electron chi connectivity index (χ4n) is 5.20. The van der Waals surface area contributed by atoms with Crippen molar-refractivity contribution in [3.63, 3.8) is 0 Å². The molecule has 2 amide bonds. The number of fused-ring (bicyclic) bond motifs is 4. The van der Waals surface area contributed by atoms with Crippen LogP contribution in [-0.4, -0.2) is 54.4 Å². The Balaban J connectivity index is 1.43. The lowest BCUT2D eigenvalue weighted by Crippen LogP contribution is -2.66. The fourth-order valence-corrected chi connectivity index (χ4v) is 6.53. The summed E-state index contributed by atoms with van der Waals surface area (Å²) in [5.41, 5.74) is -3.89. The number of ether oxygens (including phenoxy) is 3. The summed E-state index contributed by atoms with van der Waals surface area (Å²) in [4.78, 5) is 31.5. The van der Waals surface area contributed by atoms with Crippen LogP contribution in [0.3, 0.4) is 0 Å². The van der Waals surface area contributed by atoms with E-state index in [1.807, 2.05) is 6.92 Å². The Morgan fingerprint density at radius 1 is 1.11 bits per heavy atom. The second-order valence-electron chi connectivity index (χ2n) is 9.73. The molecule has 2 saturated heterocycles. The first kappa shape index (κ1) is 26.7. The van der Waals surface area contributed by atoms with Crippen LogP contribution in [-0.2, 0) is 4.74 Å².